The topological polar surface area (TPSA) is 64.3 Å². The Morgan fingerprint density at radius 2 is 2.17 bits per heavy atom. The van der Waals surface area contributed by atoms with Gasteiger partial charge in [-0.2, -0.15) is 0 Å². The van der Waals surface area contributed by atoms with Crippen molar-refractivity contribution in [3.8, 4) is 0 Å². The molecule has 4 nitrogen and oxygen atoms in total. The quantitative estimate of drug-likeness (QED) is 0.787. The lowest BCUT2D eigenvalue weighted by Crippen LogP contribution is -2.17. The molecule has 1 aliphatic rings. The third-order valence-electron chi connectivity index (χ3n) is 3.16. The van der Waals surface area contributed by atoms with Crippen molar-refractivity contribution < 1.29 is 9.53 Å². The number of ether oxygens (including phenoxy) is 1. The Balaban J connectivity index is 1.68. The van der Waals surface area contributed by atoms with Crippen LogP contribution in [0.3, 0.4) is 0 Å². The van der Waals surface area contributed by atoms with Gasteiger partial charge in [0, 0.05) is 11.4 Å². The van der Waals surface area contributed by atoms with Crippen molar-refractivity contribution in [1.82, 2.24) is 0 Å². The largest absolute Gasteiger partial charge is 0.399 e. The van der Waals surface area contributed by atoms with Crippen molar-refractivity contribution in [2.24, 2.45) is 0 Å². The zero-order valence-corrected chi connectivity index (χ0v) is 10.5. The highest BCUT2D eigenvalue weighted by molar-refractivity contribution is 5.91. The summed E-state index contributed by atoms with van der Waals surface area (Å²) in [5.41, 5.74) is 7.03. The predicted octanol–water partition coefficient (Wildman–Crippen LogP) is 2.56. The summed E-state index contributed by atoms with van der Waals surface area (Å²) in [4.78, 5) is 11.7. The number of rotatable bonds is 5. The monoisotopic (exact) mass is 248 g/mol. The highest BCUT2D eigenvalue weighted by Crippen LogP contribution is 2.21. The molecule has 1 fully saturated rings. The van der Waals surface area contributed by atoms with Crippen LogP contribution in [-0.2, 0) is 9.53 Å². The van der Waals surface area contributed by atoms with Crippen LogP contribution in [0.2, 0.25) is 0 Å². The van der Waals surface area contributed by atoms with Gasteiger partial charge in [-0.05, 0) is 31.0 Å². The third kappa shape index (κ3) is 4.04. The van der Waals surface area contributed by atoms with Gasteiger partial charge >= 0.3 is 0 Å². The zero-order valence-electron chi connectivity index (χ0n) is 10.5. The minimum atomic E-state index is -0.0291. The van der Waals surface area contributed by atoms with Crippen LogP contribution in [0, 0.1) is 0 Å². The first-order valence-corrected chi connectivity index (χ1v) is 6.51. The number of amides is 1. The lowest BCUT2D eigenvalue weighted by molar-refractivity contribution is -0.117. The molecule has 0 saturated heterocycles. The number of nitrogen functional groups attached to an aromatic ring is 1. The van der Waals surface area contributed by atoms with E-state index in [2.05, 4.69) is 5.32 Å². The Morgan fingerprint density at radius 1 is 1.39 bits per heavy atom. The molecule has 3 N–H and O–H groups in total. The maximum atomic E-state index is 11.7. The van der Waals surface area contributed by atoms with Gasteiger partial charge in [0.2, 0.25) is 5.91 Å². The second-order valence-corrected chi connectivity index (χ2v) is 4.70. The molecule has 1 saturated carbocycles. The minimum absolute atomic E-state index is 0.0291. The third-order valence-corrected chi connectivity index (χ3v) is 3.16. The molecule has 4 heteroatoms. The Bertz CT molecular complexity index is 401. The molecular formula is C14H20N2O2. The summed E-state index contributed by atoms with van der Waals surface area (Å²) in [7, 11) is 0. The molecule has 1 aromatic carbocycles. The molecule has 0 atom stereocenters. The van der Waals surface area contributed by atoms with Crippen LogP contribution in [0.25, 0.3) is 0 Å². The second-order valence-electron chi connectivity index (χ2n) is 4.70. The summed E-state index contributed by atoms with van der Waals surface area (Å²) in [6.45, 7) is 0.499. The van der Waals surface area contributed by atoms with E-state index < -0.39 is 0 Å². The fourth-order valence-electron chi connectivity index (χ4n) is 2.21. The summed E-state index contributed by atoms with van der Waals surface area (Å²) in [5, 5.41) is 2.81. The molecule has 0 spiro atoms. The fourth-order valence-corrected chi connectivity index (χ4v) is 2.21. The van der Waals surface area contributed by atoms with Crippen LogP contribution in [0.15, 0.2) is 24.3 Å². The van der Waals surface area contributed by atoms with E-state index in [1.54, 1.807) is 12.1 Å². The minimum Gasteiger partial charge on any atom is -0.399 e. The highest BCUT2D eigenvalue weighted by Gasteiger charge is 2.15. The van der Waals surface area contributed by atoms with Gasteiger partial charge in [-0.15, -0.1) is 0 Å². The number of carbonyl (C=O) groups is 1. The number of nitrogens with two attached hydrogens (primary N) is 1. The first-order valence-electron chi connectivity index (χ1n) is 6.51. The van der Waals surface area contributed by atoms with Gasteiger partial charge < -0.3 is 15.8 Å². The standard InChI is InChI=1S/C14H20N2O2/c15-11-4-3-5-12(10-11)16-14(17)8-9-18-13-6-1-2-7-13/h3-5,10,13H,1-2,6-9,15H2,(H,16,17). The van der Waals surface area contributed by atoms with Crippen molar-refractivity contribution in [2.45, 2.75) is 38.2 Å². The van der Waals surface area contributed by atoms with Crippen LogP contribution in [0.4, 0.5) is 11.4 Å². The molecule has 98 valence electrons. The lowest BCUT2D eigenvalue weighted by Gasteiger charge is -2.11. The Kier molecular flexibility index (Phi) is 4.59. The molecule has 0 radical (unpaired) electrons. The van der Waals surface area contributed by atoms with Gasteiger partial charge in [-0.3, -0.25) is 4.79 Å². The van der Waals surface area contributed by atoms with E-state index in [0.29, 0.717) is 24.8 Å². The number of anilines is 2. The second kappa shape index (κ2) is 6.40. The number of carbonyl (C=O) groups excluding carboxylic acids is 1. The van der Waals surface area contributed by atoms with Gasteiger partial charge in [0.25, 0.3) is 0 Å². The number of hydrogen-bond donors (Lipinski definition) is 2. The van der Waals surface area contributed by atoms with Crippen molar-refractivity contribution in [3.05, 3.63) is 24.3 Å². The van der Waals surface area contributed by atoms with Gasteiger partial charge in [0.1, 0.15) is 0 Å². The van der Waals surface area contributed by atoms with Crippen molar-refractivity contribution in [2.75, 3.05) is 17.7 Å². The Hall–Kier alpha value is -1.55. The molecule has 1 aromatic rings. The molecule has 0 aromatic heterocycles. The van der Waals surface area contributed by atoms with E-state index in [1.807, 2.05) is 12.1 Å². The van der Waals surface area contributed by atoms with Gasteiger partial charge in [0.05, 0.1) is 19.1 Å². The molecule has 2 rings (SSSR count). The van der Waals surface area contributed by atoms with E-state index >= 15 is 0 Å². The first kappa shape index (κ1) is 12.9. The molecule has 1 amide bonds. The highest BCUT2D eigenvalue weighted by atomic mass is 16.5. The number of hydrogen-bond acceptors (Lipinski definition) is 3. The van der Waals surface area contributed by atoms with Crippen molar-refractivity contribution in [1.29, 1.82) is 0 Å². The summed E-state index contributed by atoms with van der Waals surface area (Å²) in [6, 6.07) is 7.18. The molecule has 0 heterocycles. The van der Waals surface area contributed by atoms with Crippen LogP contribution >= 0.6 is 0 Å². The molecule has 1 aliphatic carbocycles. The first-order chi connectivity index (χ1) is 8.74. The summed E-state index contributed by atoms with van der Waals surface area (Å²) < 4.78 is 5.65. The molecule has 18 heavy (non-hydrogen) atoms. The van der Waals surface area contributed by atoms with Crippen molar-refractivity contribution in [3.63, 3.8) is 0 Å². The normalized spacial score (nSPS) is 15.8. The van der Waals surface area contributed by atoms with Crippen LogP contribution in [-0.4, -0.2) is 18.6 Å². The summed E-state index contributed by atoms with van der Waals surface area (Å²) in [5.74, 6) is -0.0291. The number of benzene rings is 1. The van der Waals surface area contributed by atoms with Crippen molar-refractivity contribution >= 4 is 17.3 Å². The van der Waals surface area contributed by atoms with Gasteiger partial charge in [-0.1, -0.05) is 18.9 Å². The van der Waals surface area contributed by atoms with E-state index in [9.17, 15) is 4.79 Å². The fraction of sp³-hybridized carbons (Fsp3) is 0.500. The van der Waals surface area contributed by atoms with E-state index in [0.717, 1.165) is 18.5 Å². The smallest absolute Gasteiger partial charge is 0.226 e. The SMILES string of the molecule is Nc1cccc(NC(=O)CCOC2CCCC2)c1. The van der Waals surface area contributed by atoms with Crippen LogP contribution < -0.4 is 11.1 Å². The van der Waals surface area contributed by atoms with E-state index in [1.165, 1.54) is 12.8 Å². The lowest BCUT2D eigenvalue weighted by atomic mass is 10.2. The average Bonchev–Trinajstić information content (AvgIpc) is 2.82. The van der Waals surface area contributed by atoms with E-state index in [-0.39, 0.29) is 5.91 Å². The van der Waals surface area contributed by atoms with Crippen LogP contribution in [0.5, 0.6) is 0 Å². The van der Waals surface area contributed by atoms with Gasteiger partial charge in [-0.25, -0.2) is 0 Å². The molecule has 0 bridgehead atoms. The van der Waals surface area contributed by atoms with Gasteiger partial charge in [0.15, 0.2) is 0 Å². The number of nitrogens with one attached hydrogen (secondary N) is 1. The zero-order chi connectivity index (χ0) is 12.8. The maximum absolute atomic E-state index is 11.7. The van der Waals surface area contributed by atoms with Crippen LogP contribution in [0.1, 0.15) is 32.1 Å². The molecule has 0 aliphatic heterocycles. The molecular weight excluding hydrogens is 228 g/mol. The average molecular weight is 248 g/mol. The summed E-state index contributed by atoms with van der Waals surface area (Å²) in [6.07, 6.45) is 5.53. The predicted molar refractivity (Wildman–Crippen MR) is 72.3 cm³/mol. The Labute approximate surface area is 108 Å². The summed E-state index contributed by atoms with van der Waals surface area (Å²) >= 11 is 0. The van der Waals surface area contributed by atoms with E-state index in [4.69, 9.17) is 10.5 Å². The Morgan fingerprint density at radius 3 is 2.89 bits per heavy atom. The molecule has 0 unspecified atom stereocenters. The maximum Gasteiger partial charge on any atom is 0.226 e.